The first-order chi connectivity index (χ1) is 43.7. The molecule has 414 valence electrons. The minimum Gasteiger partial charge on any atom is -0.310 e. The number of para-hydroxylation sites is 9. The van der Waals surface area contributed by atoms with Gasteiger partial charge in [-0.05, 0) is 164 Å². The molecule has 17 rings (SSSR count). The summed E-state index contributed by atoms with van der Waals surface area (Å²) in [6, 6.07) is 117. The van der Waals surface area contributed by atoms with Gasteiger partial charge in [-0.3, -0.25) is 9.13 Å². The van der Waals surface area contributed by atoms with Crippen molar-refractivity contribution in [2.45, 2.75) is 0 Å². The summed E-state index contributed by atoms with van der Waals surface area (Å²) in [6.07, 6.45) is 0. The molecule has 0 aliphatic rings. The third-order valence-corrected chi connectivity index (χ3v) is 17.1. The highest BCUT2D eigenvalue weighted by molar-refractivity contribution is 6.14. The number of hydrogen-bond acceptors (Lipinski definition) is 5. The molecule has 0 saturated heterocycles. The van der Waals surface area contributed by atoms with Crippen LogP contribution in [0, 0.1) is 0 Å². The molecule has 88 heavy (non-hydrogen) atoms. The van der Waals surface area contributed by atoms with Gasteiger partial charge in [0.2, 0.25) is 5.95 Å². The lowest BCUT2D eigenvalue weighted by molar-refractivity contribution is 0.972. The minimum atomic E-state index is 0.574. The molecular formula is C80H54N8. The molecule has 4 heterocycles. The third kappa shape index (κ3) is 8.37. The number of benzene rings is 13. The lowest BCUT2D eigenvalue weighted by Crippen LogP contribution is -2.10. The van der Waals surface area contributed by atoms with E-state index in [0.717, 1.165) is 139 Å². The van der Waals surface area contributed by atoms with Crippen LogP contribution in [0.5, 0.6) is 0 Å². The van der Waals surface area contributed by atoms with Crippen LogP contribution in [0.1, 0.15) is 0 Å². The number of fused-ring (bicyclic) bond motifs is 10. The van der Waals surface area contributed by atoms with Crippen molar-refractivity contribution in [3.63, 3.8) is 0 Å². The van der Waals surface area contributed by atoms with E-state index in [0.29, 0.717) is 5.95 Å². The van der Waals surface area contributed by atoms with Crippen LogP contribution in [-0.4, -0.2) is 23.7 Å². The third-order valence-electron chi connectivity index (χ3n) is 17.1. The fourth-order valence-electron chi connectivity index (χ4n) is 13.3. The molecule has 0 spiro atoms. The quantitative estimate of drug-likeness (QED) is 0.122. The zero-order valence-electron chi connectivity index (χ0n) is 47.8. The van der Waals surface area contributed by atoms with E-state index in [1.807, 2.05) is 0 Å². The molecule has 8 nitrogen and oxygen atoms in total. The molecule has 0 saturated carbocycles. The van der Waals surface area contributed by atoms with Gasteiger partial charge in [0.25, 0.3) is 0 Å². The standard InChI is InChI=1S/C80H54N8/c1-7-25-55(26-8-1)83(56-27-9-2-10-28-56)61-44-48-76-68(51-61)65-37-19-22-40-73(65)86(76)64-43-47-72-71(54-64)79(87-74-41-23-20-38-66(74)69-52-62(45-49-77(69)87)84(57-29-11-3-12-30-57)58-31-13-4-14-32-58)82-80(81-72)88-75-42-24-21-39-67(75)70-53-63(46-50-78(70)88)85(59-33-15-5-16-34-59)60-35-17-6-18-36-60/h1-54H. The van der Waals surface area contributed by atoms with Crippen molar-refractivity contribution in [2.75, 3.05) is 14.7 Å². The van der Waals surface area contributed by atoms with E-state index in [2.05, 4.69) is 356 Å². The Balaban J connectivity index is 0.906. The normalized spacial score (nSPS) is 11.6. The van der Waals surface area contributed by atoms with Crippen LogP contribution in [-0.2, 0) is 0 Å². The topological polar surface area (TPSA) is 50.3 Å². The first-order valence-electron chi connectivity index (χ1n) is 29.8. The molecule has 0 radical (unpaired) electrons. The summed E-state index contributed by atoms with van der Waals surface area (Å²) in [6.45, 7) is 0. The van der Waals surface area contributed by atoms with E-state index in [1.165, 1.54) is 0 Å². The summed E-state index contributed by atoms with van der Waals surface area (Å²) < 4.78 is 7.02. The molecule has 0 bridgehead atoms. The van der Waals surface area contributed by atoms with Gasteiger partial charge >= 0.3 is 0 Å². The van der Waals surface area contributed by atoms with Crippen molar-refractivity contribution >= 4 is 128 Å². The number of hydrogen-bond donors (Lipinski definition) is 0. The highest BCUT2D eigenvalue weighted by atomic mass is 15.2. The lowest BCUT2D eigenvalue weighted by atomic mass is 10.1. The molecule has 0 aliphatic carbocycles. The van der Waals surface area contributed by atoms with Crippen LogP contribution in [0.3, 0.4) is 0 Å². The van der Waals surface area contributed by atoms with Crippen molar-refractivity contribution in [2.24, 2.45) is 0 Å². The molecule has 0 unspecified atom stereocenters. The largest absolute Gasteiger partial charge is 0.310 e. The SMILES string of the molecule is c1ccc(N(c2ccccc2)c2ccc3c(c2)c2ccccc2n3-c2ccc3nc(-n4c5ccccc5c5cc(N(c6ccccc6)c6ccccc6)ccc54)nc(-n4c5ccccc5c5cc(N(c6ccccc6)c6ccccc6)ccc54)c3c2)cc1. The van der Waals surface area contributed by atoms with Gasteiger partial charge in [0.05, 0.1) is 38.6 Å². The molecule has 0 fully saturated rings. The molecule has 4 aromatic heterocycles. The Morgan fingerprint density at radius 3 is 0.898 bits per heavy atom. The maximum atomic E-state index is 5.91. The molecule has 17 aromatic rings. The Morgan fingerprint density at radius 1 is 0.205 bits per heavy atom. The summed E-state index contributed by atoms with van der Waals surface area (Å²) in [5.41, 5.74) is 17.8. The first kappa shape index (κ1) is 50.5. The van der Waals surface area contributed by atoms with E-state index in [9.17, 15) is 0 Å². The summed E-state index contributed by atoms with van der Waals surface area (Å²) in [4.78, 5) is 18.5. The predicted octanol–water partition coefficient (Wildman–Crippen LogP) is 21.3. The molecule has 0 N–H and O–H groups in total. The second-order valence-corrected chi connectivity index (χ2v) is 22.2. The number of aromatic nitrogens is 5. The summed E-state index contributed by atoms with van der Waals surface area (Å²) >= 11 is 0. The van der Waals surface area contributed by atoms with Gasteiger partial charge in [-0.2, -0.15) is 4.98 Å². The minimum absolute atomic E-state index is 0.574. The fourth-order valence-corrected chi connectivity index (χ4v) is 13.3. The highest BCUT2D eigenvalue weighted by Crippen LogP contribution is 2.45. The van der Waals surface area contributed by atoms with Gasteiger partial charge in [-0.1, -0.05) is 164 Å². The molecule has 0 aliphatic heterocycles. The van der Waals surface area contributed by atoms with Crippen LogP contribution < -0.4 is 14.7 Å². The van der Waals surface area contributed by atoms with Crippen molar-refractivity contribution in [1.82, 2.24) is 23.7 Å². The van der Waals surface area contributed by atoms with E-state index >= 15 is 0 Å². The maximum absolute atomic E-state index is 5.91. The van der Waals surface area contributed by atoms with Gasteiger partial charge in [0.1, 0.15) is 0 Å². The van der Waals surface area contributed by atoms with Gasteiger partial charge < -0.3 is 19.3 Å². The number of rotatable bonds is 12. The zero-order chi connectivity index (χ0) is 58.1. The Labute approximate surface area is 508 Å². The van der Waals surface area contributed by atoms with Crippen LogP contribution in [0.25, 0.3) is 93.8 Å². The molecule has 0 atom stereocenters. The Hall–Kier alpha value is -12.0. The van der Waals surface area contributed by atoms with Gasteiger partial charge in [0, 0.05) is 94.6 Å². The van der Waals surface area contributed by atoms with Gasteiger partial charge in [0.15, 0.2) is 5.82 Å². The average molecular weight is 1130 g/mol. The van der Waals surface area contributed by atoms with Crippen molar-refractivity contribution < 1.29 is 0 Å². The van der Waals surface area contributed by atoms with Crippen LogP contribution >= 0.6 is 0 Å². The number of anilines is 9. The van der Waals surface area contributed by atoms with Crippen molar-refractivity contribution in [1.29, 1.82) is 0 Å². The van der Waals surface area contributed by atoms with Gasteiger partial charge in [-0.15, -0.1) is 0 Å². The van der Waals surface area contributed by atoms with E-state index in [-0.39, 0.29) is 0 Å². The predicted molar refractivity (Wildman–Crippen MR) is 367 cm³/mol. The maximum Gasteiger partial charge on any atom is 0.237 e. The van der Waals surface area contributed by atoms with E-state index < -0.39 is 0 Å². The van der Waals surface area contributed by atoms with E-state index in [1.54, 1.807) is 0 Å². The van der Waals surface area contributed by atoms with Gasteiger partial charge in [-0.25, -0.2) is 4.98 Å². The smallest absolute Gasteiger partial charge is 0.237 e. The van der Waals surface area contributed by atoms with Crippen LogP contribution in [0.2, 0.25) is 0 Å². The van der Waals surface area contributed by atoms with Crippen molar-refractivity contribution in [3.05, 3.63) is 328 Å². The Kier molecular flexibility index (Phi) is 12.0. The average Bonchev–Trinajstić information content (AvgIpc) is 1.97. The molecule has 8 heteroatoms. The molecular weight excluding hydrogens is 1070 g/mol. The van der Waals surface area contributed by atoms with Crippen molar-refractivity contribution in [3.8, 4) is 17.5 Å². The van der Waals surface area contributed by atoms with E-state index in [4.69, 9.17) is 9.97 Å². The monoisotopic (exact) mass is 1130 g/mol. The summed E-state index contributed by atoms with van der Waals surface area (Å²) in [5.74, 6) is 1.35. The Bertz CT molecular complexity index is 5330. The van der Waals surface area contributed by atoms with Crippen LogP contribution in [0.4, 0.5) is 51.2 Å². The fraction of sp³-hybridized carbons (Fsp3) is 0. The highest BCUT2D eigenvalue weighted by Gasteiger charge is 2.25. The lowest BCUT2D eigenvalue weighted by Gasteiger charge is -2.25. The second kappa shape index (κ2) is 21.0. The summed E-state index contributed by atoms with van der Waals surface area (Å²) in [5, 5.41) is 7.66. The zero-order valence-corrected chi connectivity index (χ0v) is 47.8. The Morgan fingerprint density at radius 2 is 0.511 bits per heavy atom. The molecule has 0 amide bonds. The first-order valence-corrected chi connectivity index (χ1v) is 29.8. The summed E-state index contributed by atoms with van der Waals surface area (Å²) in [7, 11) is 0. The van der Waals surface area contributed by atoms with Crippen LogP contribution in [0.15, 0.2) is 328 Å². The number of nitrogens with zero attached hydrogens (tertiary/aromatic N) is 8. The molecule has 13 aromatic carbocycles. The second-order valence-electron chi connectivity index (χ2n) is 22.2.